The molecule has 0 spiro atoms. The summed E-state index contributed by atoms with van der Waals surface area (Å²) in [5.74, 6) is 0.670. The summed E-state index contributed by atoms with van der Waals surface area (Å²) in [5.41, 5.74) is 1.74. The standard InChI is InChI=1S/C14H22S/c1-5-10-14(4,11(2)3)12-6-8-13(15)9-7-12/h6-9,11,15H,5,10H2,1-4H3. The van der Waals surface area contributed by atoms with E-state index in [1.165, 1.54) is 18.4 Å². The minimum atomic E-state index is 0.302. The van der Waals surface area contributed by atoms with Gasteiger partial charge in [0.1, 0.15) is 0 Å². The van der Waals surface area contributed by atoms with Crippen molar-refractivity contribution in [3.63, 3.8) is 0 Å². The highest BCUT2D eigenvalue weighted by Gasteiger charge is 2.28. The molecule has 1 aromatic carbocycles. The van der Waals surface area contributed by atoms with Crippen LogP contribution >= 0.6 is 12.6 Å². The fraction of sp³-hybridized carbons (Fsp3) is 0.571. The van der Waals surface area contributed by atoms with Gasteiger partial charge in [-0.25, -0.2) is 0 Å². The SMILES string of the molecule is CCCC(C)(c1ccc(S)cc1)C(C)C. The molecule has 1 unspecified atom stereocenters. The van der Waals surface area contributed by atoms with Crippen LogP contribution in [0.3, 0.4) is 0 Å². The Hall–Kier alpha value is -0.430. The summed E-state index contributed by atoms with van der Waals surface area (Å²) in [6.45, 7) is 9.25. The average molecular weight is 222 g/mol. The fourth-order valence-corrected chi connectivity index (χ4v) is 2.28. The van der Waals surface area contributed by atoms with Crippen LogP contribution in [0.2, 0.25) is 0 Å². The predicted molar refractivity (Wildman–Crippen MR) is 70.8 cm³/mol. The second-order valence-corrected chi connectivity index (χ2v) is 5.39. The summed E-state index contributed by atoms with van der Waals surface area (Å²) >= 11 is 4.33. The van der Waals surface area contributed by atoms with Crippen molar-refractivity contribution in [1.82, 2.24) is 0 Å². The first kappa shape index (κ1) is 12.6. The van der Waals surface area contributed by atoms with Crippen LogP contribution in [0.5, 0.6) is 0 Å². The molecule has 0 saturated heterocycles. The van der Waals surface area contributed by atoms with Crippen LogP contribution in [0.15, 0.2) is 29.2 Å². The van der Waals surface area contributed by atoms with Crippen molar-refractivity contribution >= 4 is 12.6 Å². The molecule has 0 aliphatic heterocycles. The molecule has 1 heteroatoms. The van der Waals surface area contributed by atoms with Crippen LogP contribution in [0, 0.1) is 5.92 Å². The first-order chi connectivity index (χ1) is 7.00. The first-order valence-corrected chi connectivity index (χ1v) is 6.25. The Labute approximate surface area is 99.5 Å². The largest absolute Gasteiger partial charge is 0.143 e. The van der Waals surface area contributed by atoms with E-state index in [0.29, 0.717) is 11.3 Å². The monoisotopic (exact) mass is 222 g/mol. The van der Waals surface area contributed by atoms with Gasteiger partial charge in [-0.15, -0.1) is 12.6 Å². The van der Waals surface area contributed by atoms with Gasteiger partial charge in [0.2, 0.25) is 0 Å². The predicted octanol–water partition coefficient (Wildman–Crippen LogP) is 4.69. The van der Waals surface area contributed by atoms with Crippen molar-refractivity contribution in [3.05, 3.63) is 29.8 Å². The van der Waals surface area contributed by atoms with Crippen LogP contribution in [-0.4, -0.2) is 0 Å². The lowest BCUT2D eigenvalue weighted by Gasteiger charge is -2.34. The zero-order valence-electron chi connectivity index (χ0n) is 10.2. The molecule has 0 amide bonds. The van der Waals surface area contributed by atoms with Gasteiger partial charge in [0.05, 0.1) is 0 Å². The molecule has 0 N–H and O–H groups in total. The molecular weight excluding hydrogens is 200 g/mol. The molecule has 15 heavy (non-hydrogen) atoms. The molecule has 0 saturated carbocycles. The van der Waals surface area contributed by atoms with E-state index in [2.05, 4.69) is 64.6 Å². The van der Waals surface area contributed by atoms with Gasteiger partial charge in [0.25, 0.3) is 0 Å². The maximum atomic E-state index is 4.33. The lowest BCUT2D eigenvalue weighted by molar-refractivity contribution is 0.311. The third-order valence-electron chi connectivity index (χ3n) is 3.57. The van der Waals surface area contributed by atoms with Crippen LogP contribution in [-0.2, 0) is 5.41 Å². The molecule has 1 atom stereocenters. The Morgan fingerprint density at radius 2 is 1.73 bits per heavy atom. The van der Waals surface area contributed by atoms with E-state index in [9.17, 15) is 0 Å². The zero-order valence-corrected chi connectivity index (χ0v) is 11.1. The normalized spacial score (nSPS) is 15.3. The van der Waals surface area contributed by atoms with Gasteiger partial charge in [-0.2, -0.15) is 0 Å². The van der Waals surface area contributed by atoms with Crippen LogP contribution in [0.25, 0.3) is 0 Å². The number of benzene rings is 1. The maximum absolute atomic E-state index is 4.33. The Kier molecular flexibility index (Phi) is 4.27. The molecule has 1 aromatic rings. The summed E-state index contributed by atoms with van der Waals surface area (Å²) in [4.78, 5) is 1.04. The summed E-state index contributed by atoms with van der Waals surface area (Å²) in [7, 11) is 0. The third kappa shape index (κ3) is 2.78. The van der Waals surface area contributed by atoms with Crippen LogP contribution in [0.1, 0.15) is 46.1 Å². The van der Waals surface area contributed by atoms with Crippen molar-refractivity contribution < 1.29 is 0 Å². The molecule has 84 valence electrons. The van der Waals surface area contributed by atoms with E-state index in [1.54, 1.807) is 0 Å². The summed E-state index contributed by atoms with van der Waals surface area (Å²) in [5, 5.41) is 0. The Balaban J connectivity index is 3.04. The van der Waals surface area contributed by atoms with Gasteiger partial charge >= 0.3 is 0 Å². The third-order valence-corrected chi connectivity index (χ3v) is 3.87. The second-order valence-electron chi connectivity index (χ2n) is 4.87. The molecule has 0 aliphatic carbocycles. The van der Waals surface area contributed by atoms with E-state index < -0.39 is 0 Å². The van der Waals surface area contributed by atoms with Crippen LogP contribution < -0.4 is 0 Å². The van der Waals surface area contributed by atoms with E-state index >= 15 is 0 Å². The molecular formula is C14H22S. The molecule has 0 heterocycles. The van der Waals surface area contributed by atoms with Crippen molar-refractivity contribution in [1.29, 1.82) is 0 Å². The lowest BCUT2D eigenvalue weighted by Crippen LogP contribution is -2.28. The molecule has 0 radical (unpaired) electrons. The molecule has 0 bridgehead atoms. The summed E-state index contributed by atoms with van der Waals surface area (Å²) in [6.07, 6.45) is 2.48. The van der Waals surface area contributed by atoms with E-state index in [1.807, 2.05) is 0 Å². The minimum Gasteiger partial charge on any atom is -0.143 e. The van der Waals surface area contributed by atoms with Crippen LogP contribution in [0.4, 0.5) is 0 Å². The molecule has 0 aromatic heterocycles. The number of thiol groups is 1. The number of rotatable bonds is 4. The highest BCUT2D eigenvalue weighted by atomic mass is 32.1. The quantitative estimate of drug-likeness (QED) is 0.702. The van der Waals surface area contributed by atoms with Crippen molar-refractivity contribution in [2.24, 2.45) is 5.92 Å². The van der Waals surface area contributed by atoms with Gasteiger partial charge < -0.3 is 0 Å². The average Bonchev–Trinajstić information content (AvgIpc) is 2.18. The molecule has 0 nitrogen and oxygen atoms in total. The van der Waals surface area contributed by atoms with E-state index in [4.69, 9.17) is 0 Å². The second kappa shape index (κ2) is 5.07. The number of hydrogen-bond donors (Lipinski definition) is 1. The Morgan fingerprint density at radius 1 is 1.20 bits per heavy atom. The minimum absolute atomic E-state index is 0.302. The highest BCUT2D eigenvalue weighted by molar-refractivity contribution is 7.80. The lowest BCUT2D eigenvalue weighted by atomic mass is 9.70. The summed E-state index contributed by atoms with van der Waals surface area (Å²) < 4.78 is 0. The topological polar surface area (TPSA) is 0 Å². The summed E-state index contributed by atoms with van der Waals surface area (Å²) in [6, 6.07) is 8.62. The number of hydrogen-bond acceptors (Lipinski definition) is 1. The zero-order chi connectivity index (χ0) is 11.5. The van der Waals surface area contributed by atoms with E-state index in [0.717, 1.165) is 4.90 Å². The van der Waals surface area contributed by atoms with Gasteiger partial charge in [-0.3, -0.25) is 0 Å². The van der Waals surface area contributed by atoms with Gasteiger partial charge in [-0.1, -0.05) is 46.2 Å². The molecule has 1 rings (SSSR count). The van der Waals surface area contributed by atoms with Gasteiger partial charge in [-0.05, 0) is 35.4 Å². The van der Waals surface area contributed by atoms with Gasteiger partial charge in [0.15, 0.2) is 0 Å². The highest BCUT2D eigenvalue weighted by Crippen LogP contribution is 2.36. The first-order valence-electron chi connectivity index (χ1n) is 5.80. The van der Waals surface area contributed by atoms with E-state index in [-0.39, 0.29) is 0 Å². The fourth-order valence-electron chi connectivity index (χ4n) is 2.13. The Morgan fingerprint density at radius 3 is 2.13 bits per heavy atom. The molecule has 0 aliphatic rings. The Bertz CT molecular complexity index is 300. The van der Waals surface area contributed by atoms with Gasteiger partial charge in [0, 0.05) is 4.90 Å². The van der Waals surface area contributed by atoms with Crippen molar-refractivity contribution in [2.75, 3.05) is 0 Å². The van der Waals surface area contributed by atoms with Crippen molar-refractivity contribution in [3.8, 4) is 0 Å². The maximum Gasteiger partial charge on any atom is 0.00401 e. The smallest absolute Gasteiger partial charge is 0.00401 e. The van der Waals surface area contributed by atoms with Crippen molar-refractivity contribution in [2.45, 2.75) is 50.8 Å². The molecule has 0 fully saturated rings.